The summed E-state index contributed by atoms with van der Waals surface area (Å²) in [6, 6.07) is 0. The number of rotatable bonds is 6. The molecule has 0 atom stereocenters. The molecule has 0 aromatic rings. The van der Waals surface area contributed by atoms with E-state index >= 15 is 0 Å². The van der Waals surface area contributed by atoms with Gasteiger partial charge in [-0.2, -0.15) is 0 Å². The van der Waals surface area contributed by atoms with Gasteiger partial charge in [-0.15, -0.1) is 6.58 Å². The van der Waals surface area contributed by atoms with E-state index in [0.29, 0.717) is 5.41 Å². The third-order valence-corrected chi connectivity index (χ3v) is 4.17. The molecule has 1 rings (SSSR count). The zero-order chi connectivity index (χ0) is 20.7. The summed E-state index contributed by atoms with van der Waals surface area (Å²) in [5.74, 6) is 0.904. The molecule has 0 heteroatoms. The summed E-state index contributed by atoms with van der Waals surface area (Å²) < 4.78 is 0. The molecule has 25 heavy (non-hydrogen) atoms. The second-order valence-corrected chi connectivity index (χ2v) is 7.39. The average molecular weight is 357 g/mol. The van der Waals surface area contributed by atoms with Gasteiger partial charge in [-0.3, -0.25) is 0 Å². The quantitative estimate of drug-likeness (QED) is 0.328. The van der Waals surface area contributed by atoms with Gasteiger partial charge in [0.15, 0.2) is 0 Å². The van der Waals surface area contributed by atoms with Gasteiger partial charge in [0, 0.05) is 0 Å². The van der Waals surface area contributed by atoms with Crippen molar-refractivity contribution in [3.8, 4) is 0 Å². The van der Waals surface area contributed by atoms with Gasteiger partial charge in [0.1, 0.15) is 0 Å². The maximum atomic E-state index is 3.99. The first kappa shape index (κ1) is 32.4. The molecule has 1 saturated carbocycles. The Morgan fingerprint density at radius 3 is 1.64 bits per heavy atom. The van der Waals surface area contributed by atoms with Crippen LogP contribution in [-0.2, 0) is 0 Å². The minimum absolute atomic E-state index is 0.601. The molecular weight excluding hydrogens is 300 g/mol. The van der Waals surface area contributed by atoms with Crippen LogP contribution in [0, 0.1) is 11.3 Å². The predicted octanol–water partition coefficient (Wildman–Crippen LogP) is 10.2. The van der Waals surface area contributed by atoms with Crippen LogP contribution >= 0.6 is 0 Å². The summed E-state index contributed by atoms with van der Waals surface area (Å²) in [4.78, 5) is 0. The highest BCUT2D eigenvalue weighted by atomic mass is 14.3. The lowest BCUT2D eigenvalue weighted by Gasteiger charge is -2.33. The molecule has 0 bridgehead atoms. The molecule has 156 valence electrons. The van der Waals surface area contributed by atoms with Crippen LogP contribution in [0.15, 0.2) is 12.2 Å². The van der Waals surface area contributed by atoms with Crippen molar-refractivity contribution in [3.05, 3.63) is 12.2 Å². The molecule has 1 fully saturated rings. The fraction of sp³-hybridized carbons (Fsp3) is 0.920. The molecule has 0 unspecified atom stereocenters. The van der Waals surface area contributed by atoms with E-state index in [2.05, 4.69) is 41.2 Å². The van der Waals surface area contributed by atoms with Crippen LogP contribution in [0.4, 0.5) is 0 Å². The fourth-order valence-electron chi connectivity index (χ4n) is 3.11. The lowest BCUT2D eigenvalue weighted by Crippen LogP contribution is -2.19. The van der Waals surface area contributed by atoms with Gasteiger partial charge in [0.05, 0.1) is 0 Å². The Bertz CT molecular complexity index is 218. The molecule has 0 N–H and O–H groups in total. The Balaban J connectivity index is -0.000000139. The van der Waals surface area contributed by atoms with E-state index in [0.717, 1.165) is 5.92 Å². The second-order valence-electron chi connectivity index (χ2n) is 7.39. The minimum Gasteiger partial charge on any atom is -0.100 e. The van der Waals surface area contributed by atoms with Crippen LogP contribution in [0.2, 0.25) is 0 Å². The van der Waals surface area contributed by atoms with E-state index in [1.165, 1.54) is 69.8 Å². The van der Waals surface area contributed by atoms with Crippen molar-refractivity contribution in [2.45, 2.75) is 140 Å². The van der Waals surface area contributed by atoms with E-state index in [4.69, 9.17) is 0 Å². The maximum Gasteiger partial charge on any atom is -0.0271 e. The van der Waals surface area contributed by atoms with Gasteiger partial charge in [-0.1, -0.05) is 120 Å². The monoisotopic (exact) mass is 356 g/mol. The van der Waals surface area contributed by atoms with E-state index in [1.807, 2.05) is 41.5 Å². The summed E-state index contributed by atoms with van der Waals surface area (Å²) >= 11 is 0. The molecule has 0 nitrogen and oxygen atoms in total. The van der Waals surface area contributed by atoms with Crippen molar-refractivity contribution in [1.29, 1.82) is 0 Å². The van der Waals surface area contributed by atoms with Crippen LogP contribution in [-0.4, -0.2) is 0 Å². The number of unbranched alkanes of at least 4 members (excludes halogenated alkanes) is 2. The predicted molar refractivity (Wildman–Crippen MR) is 124 cm³/mol. The maximum absolute atomic E-state index is 3.99. The number of hydrogen-bond donors (Lipinski definition) is 0. The number of allylic oxidation sites excluding steroid dienone is 1. The Labute approximate surface area is 164 Å². The lowest BCUT2D eigenvalue weighted by atomic mass is 9.72. The first-order chi connectivity index (χ1) is 11.9. The summed E-state index contributed by atoms with van der Waals surface area (Å²) in [6.07, 6.45) is 14.0. The third-order valence-electron chi connectivity index (χ3n) is 4.17. The summed E-state index contributed by atoms with van der Waals surface area (Å²) in [5.41, 5.74) is 1.96. The standard InChI is InChI=1S/C11H20.C8H18.3C2H6/c1-10(2)9-11(3)7-5-4-6-8-11;1-4-5-6-7-8(2)3;3*1-2/h1,4-9H2,2-3H3;8H,4-7H2,1-3H3;3*1-2H3. The van der Waals surface area contributed by atoms with Gasteiger partial charge >= 0.3 is 0 Å². The smallest absolute Gasteiger partial charge is 0.0271 e. The van der Waals surface area contributed by atoms with E-state index in [9.17, 15) is 0 Å². The molecule has 0 saturated heterocycles. The molecule has 0 aliphatic heterocycles. The van der Waals surface area contributed by atoms with Crippen molar-refractivity contribution in [2.24, 2.45) is 11.3 Å². The molecule has 0 spiro atoms. The van der Waals surface area contributed by atoms with Gasteiger partial charge in [0.25, 0.3) is 0 Å². The van der Waals surface area contributed by atoms with Crippen molar-refractivity contribution < 1.29 is 0 Å². The van der Waals surface area contributed by atoms with Crippen LogP contribution in [0.3, 0.4) is 0 Å². The number of hydrogen-bond acceptors (Lipinski definition) is 0. The Morgan fingerprint density at radius 1 is 0.880 bits per heavy atom. The van der Waals surface area contributed by atoms with Crippen LogP contribution < -0.4 is 0 Å². The second kappa shape index (κ2) is 26.0. The summed E-state index contributed by atoms with van der Waals surface area (Å²) in [5, 5.41) is 0. The summed E-state index contributed by atoms with van der Waals surface area (Å²) in [7, 11) is 0. The molecule has 0 aromatic carbocycles. The molecule has 1 aliphatic carbocycles. The SMILES string of the molecule is C=C(C)CC1(C)CCCCC1.CC.CC.CC.CCCCCC(C)C. The molecule has 0 heterocycles. The van der Waals surface area contributed by atoms with Crippen molar-refractivity contribution in [1.82, 2.24) is 0 Å². The first-order valence-corrected chi connectivity index (χ1v) is 11.5. The first-order valence-electron chi connectivity index (χ1n) is 11.5. The molecular formula is C25H56. The van der Waals surface area contributed by atoms with Crippen molar-refractivity contribution in [3.63, 3.8) is 0 Å². The van der Waals surface area contributed by atoms with Gasteiger partial charge in [0.2, 0.25) is 0 Å². The molecule has 0 aromatic heterocycles. The zero-order valence-corrected chi connectivity index (χ0v) is 20.4. The van der Waals surface area contributed by atoms with Crippen LogP contribution in [0.5, 0.6) is 0 Å². The highest BCUT2D eigenvalue weighted by Crippen LogP contribution is 2.40. The minimum atomic E-state index is 0.601. The van der Waals surface area contributed by atoms with E-state index in [-0.39, 0.29) is 0 Å². The Morgan fingerprint density at radius 2 is 1.32 bits per heavy atom. The highest BCUT2D eigenvalue weighted by molar-refractivity contribution is 4.96. The van der Waals surface area contributed by atoms with Gasteiger partial charge in [-0.25, -0.2) is 0 Å². The van der Waals surface area contributed by atoms with Crippen LogP contribution in [0.25, 0.3) is 0 Å². The van der Waals surface area contributed by atoms with E-state index < -0.39 is 0 Å². The zero-order valence-electron chi connectivity index (χ0n) is 20.4. The van der Waals surface area contributed by atoms with Gasteiger partial charge in [-0.05, 0) is 37.5 Å². The third kappa shape index (κ3) is 28.8. The Hall–Kier alpha value is -0.260. The largest absolute Gasteiger partial charge is 0.100 e. The van der Waals surface area contributed by atoms with Crippen molar-refractivity contribution in [2.75, 3.05) is 0 Å². The van der Waals surface area contributed by atoms with E-state index in [1.54, 1.807) is 0 Å². The topological polar surface area (TPSA) is 0 Å². The molecule has 0 amide bonds. The summed E-state index contributed by atoms with van der Waals surface area (Å²) in [6.45, 7) is 27.4. The molecule has 1 aliphatic rings. The normalized spacial score (nSPS) is 14.2. The van der Waals surface area contributed by atoms with Crippen LogP contribution in [0.1, 0.15) is 140 Å². The highest BCUT2D eigenvalue weighted by Gasteiger charge is 2.26. The van der Waals surface area contributed by atoms with Gasteiger partial charge < -0.3 is 0 Å². The van der Waals surface area contributed by atoms with Crippen molar-refractivity contribution >= 4 is 0 Å². The Kier molecular flexibility index (Phi) is 33.7. The lowest BCUT2D eigenvalue weighted by molar-refractivity contribution is 0.215. The fourth-order valence-corrected chi connectivity index (χ4v) is 3.11. The average Bonchev–Trinajstić information content (AvgIpc) is 2.60. The molecule has 0 radical (unpaired) electrons.